The first-order valence-corrected chi connectivity index (χ1v) is 7.69. The van der Waals surface area contributed by atoms with Crippen molar-refractivity contribution in [2.45, 2.75) is 52.5 Å². The molecule has 0 amide bonds. The van der Waals surface area contributed by atoms with E-state index in [0.717, 1.165) is 26.0 Å². The summed E-state index contributed by atoms with van der Waals surface area (Å²) in [6.07, 6.45) is 4.58. The minimum Gasteiger partial charge on any atom is -0.493 e. The summed E-state index contributed by atoms with van der Waals surface area (Å²) in [4.78, 5) is 0. The highest BCUT2D eigenvalue weighted by molar-refractivity contribution is 5.44. The van der Waals surface area contributed by atoms with Crippen molar-refractivity contribution in [3.63, 3.8) is 0 Å². The molecule has 1 atom stereocenters. The number of rotatable bonds is 7. The van der Waals surface area contributed by atoms with Gasteiger partial charge in [0.1, 0.15) is 5.75 Å². The molecule has 1 aromatic rings. The molecule has 0 bridgehead atoms. The minimum absolute atomic E-state index is 0.609. The van der Waals surface area contributed by atoms with E-state index in [4.69, 9.17) is 4.74 Å². The van der Waals surface area contributed by atoms with E-state index < -0.39 is 0 Å². The number of hydrogen-bond acceptors (Lipinski definition) is 2. The molecule has 19 heavy (non-hydrogen) atoms. The number of hydrogen-bond donors (Lipinski definition) is 1. The zero-order chi connectivity index (χ0) is 13.7. The molecule has 0 spiro atoms. The molecule has 2 nitrogen and oxygen atoms in total. The molecule has 1 aliphatic rings. The van der Waals surface area contributed by atoms with Crippen molar-refractivity contribution in [3.05, 3.63) is 29.3 Å². The van der Waals surface area contributed by atoms with Gasteiger partial charge in [-0.2, -0.15) is 0 Å². The lowest BCUT2D eigenvalue weighted by Gasteiger charge is -2.22. The second-order valence-electron chi connectivity index (χ2n) is 5.85. The molecule has 1 heterocycles. The second-order valence-corrected chi connectivity index (χ2v) is 5.85. The molecule has 1 N–H and O–H groups in total. The van der Waals surface area contributed by atoms with E-state index in [1.807, 2.05) is 0 Å². The lowest BCUT2D eigenvalue weighted by Crippen LogP contribution is -2.34. The molecular weight excluding hydrogens is 234 g/mol. The number of fused-ring (bicyclic) bond motifs is 1. The van der Waals surface area contributed by atoms with Crippen LogP contribution in [0, 0.1) is 5.92 Å². The number of nitrogens with one attached hydrogen (secondary N) is 1. The molecule has 0 saturated carbocycles. The largest absolute Gasteiger partial charge is 0.493 e. The first kappa shape index (κ1) is 14.4. The van der Waals surface area contributed by atoms with Gasteiger partial charge < -0.3 is 10.1 Å². The van der Waals surface area contributed by atoms with E-state index in [9.17, 15) is 0 Å². The molecule has 0 aromatic heterocycles. The van der Waals surface area contributed by atoms with Gasteiger partial charge in [0.15, 0.2) is 0 Å². The molecule has 2 heteroatoms. The van der Waals surface area contributed by atoms with Crippen molar-refractivity contribution in [2.75, 3.05) is 13.2 Å². The molecule has 1 aromatic carbocycles. The molecule has 0 fully saturated rings. The number of para-hydroxylation sites is 1. The van der Waals surface area contributed by atoms with Gasteiger partial charge in [0.05, 0.1) is 6.61 Å². The fraction of sp³-hybridized carbons (Fsp3) is 0.647. The molecule has 0 radical (unpaired) electrons. The zero-order valence-corrected chi connectivity index (χ0v) is 12.5. The van der Waals surface area contributed by atoms with Crippen LogP contribution in [0.5, 0.6) is 5.75 Å². The molecule has 1 aliphatic heterocycles. The van der Waals surface area contributed by atoms with Crippen LogP contribution in [-0.2, 0) is 12.8 Å². The maximum Gasteiger partial charge on any atom is 0.125 e. The average molecular weight is 261 g/mol. The quantitative estimate of drug-likeness (QED) is 0.810. The summed E-state index contributed by atoms with van der Waals surface area (Å²) in [7, 11) is 0. The third kappa shape index (κ3) is 3.73. The van der Waals surface area contributed by atoms with E-state index in [2.05, 4.69) is 44.3 Å². The van der Waals surface area contributed by atoms with Gasteiger partial charge in [-0.1, -0.05) is 39.0 Å². The van der Waals surface area contributed by atoms with Crippen molar-refractivity contribution >= 4 is 0 Å². The van der Waals surface area contributed by atoms with Gasteiger partial charge in [0, 0.05) is 12.5 Å². The smallest absolute Gasteiger partial charge is 0.125 e. The Morgan fingerprint density at radius 3 is 2.89 bits per heavy atom. The summed E-state index contributed by atoms with van der Waals surface area (Å²) in [5.41, 5.74) is 2.78. The van der Waals surface area contributed by atoms with Crippen LogP contribution in [0.25, 0.3) is 0 Å². The standard InChI is InChI=1S/C17H27NO/c1-4-11-18-16(13(2)3)9-8-14-6-5-7-15-10-12-19-17(14)15/h5-7,13,16,18H,4,8-12H2,1-3H3. The van der Waals surface area contributed by atoms with E-state index in [1.54, 1.807) is 0 Å². The van der Waals surface area contributed by atoms with Crippen LogP contribution in [-0.4, -0.2) is 19.2 Å². The third-order valence-corrected chi connectivity index (χ3v) is 3.98. The van der Waals surface area contributed by atoms with Crippen molar-refractivity contribution < 1.29 is 4.74 Å². The highest BCUT2D eigenvalue weighted by Gasteiger charge is 2.18. The summed E-state index contributed by atoms with van der Waals surface area (Å²) in [5.74, 6) is 1.85. The van der Waals surface area contributed by atoms with Gasteiger partial charge >= 0.3 is 0 Å². The molecule has 106 valence electrons. The monoisotopic (exact) mass is 261 g/mol. The third-order valence-electron chi connectivity index (χ3n) is 3.98. The first-order chi connectivity index (χ1) is 9.22. The Morgan fingerprint density at radius 2 is 2.16 bits per heavy atom. The molecule has 2 rings (SSSR count). The van der Waals surface area contributed by atoms with Crippen LogP contribution in [0.4, 0.5) is 0 Å². The van der Waals surface area contributed by atoms with Crippen molar-refractivity contribution in [2.24, 2.45) is 5.92 Å². The summed E-state index contributed by atoms with van der Waals surface area (Å²) in [6.45, 7) is 8.81. The predicted octanol–water partition coefficient (Wildman–Crippen LogP) is 3.58. The van der Waals surface area contributed by atoms with Gasteiger partial charge in [-0.05, 0) is 42.9 Å². The second kappa shape index (κ2) is 6.95. The Kier molecular flexibility index (Phi) is 5.26. The highest BCUT2D eigenvalue weighted by atomic mass is 16.5. The van der Waals surface area contributed by atoms with Crippen LogP contribution in [0.1, 0.15) is 44.7 Å². The summed E-state index contributed by atoms with van der Waals surface area (Å²) in [5, 5.41) is 3.67. The van der Waals surface area contributed by atoms with Crippen molar-refractivity contribution in [1.29, 1.82) is 0 Å². The van der Waals surface area contributed by atoms with Gasteiger partial charge in [0.25, 0.3) is 0 Å². The van der Waals surface area contributed by atoms with Crippen LogP contribution in [0.3, 0.4) is 0 Å². The Balaban J connectivity index is 1.95. The minimum atomic E-state index is 0.609. The summed E-state index contributed by atoms with van der Waals surface area (Å²) in [6, 6.07) is 7.20. The summed E-state index contributed by atoms with van der Waals surface area (Å²) >= 11 is 0. The van der Waals surface area contributed by atoms with Crippen molar-refractivity contribution in [3.8, 4) is 5.75 Å². The number of ether oxygens (including phenoxy) is 1. The topological polar surface area (TPSA) is 21.3 Å². The predicted molar refractivity (Wildman–Crippen MR) is 80.9 cm³/mol. The SMILES string of the molecule is CCCNC(CCc1cccc2c1OCC2)C(C)C. The van der Waals surface area contributed by atoms with Crippen LogP contribution in [0.15, 0.2) is 18.2 Å². The van der Waals surface area contributed by atoms with Gasteiger partial charge in [-0.25, -0.2) is 0 Å². The Labute approximate surface area is 117 Å². The normalized spacial score (nSPS) is 15.4. The van der Waals surface area contributed by atoms with E-state index >= 15 is 0 Å². The fourth-order valence-corrected chi connectivity index (χ4v) is 2.79. The average Bonchev–Trinajstić information content (AvgIpc) is 2.87. The first-order valence-electron chi connectivity index (χ1n) is 7.69. The molecule has 1 unspecified atom stereocenters. The van der Waals surface area contributed by atoms with Gasteiger partial charge in [-0.3, -0.25) is 0 Å². The Hall–Kier alpha value is -1.02. The Bertz CT molecular complexity index is 400. The maximum absolute atomic E-state index is 5.78. The van der Waals surface area contributed by atoms with Gasteiger partial charge in [-0.15, -0.1) is 0 Å². The van der Waals surface area contributed by atoms with E-state index in [0.29, 0.717) is 12.0 Å². The fourth-order valence-electron chi connectivity index (χ4n) is 2.79. The van der Waals surface area contributed by atoms with Crippen LogP contribution < -0.4 is 10.1 Å². The van der Waals surface area contributed by atoms with E-state index in [-0.39, 0.29) is 0 Å². The highest BCUT2D eigenvalue weighted by Crippen LogP contribution is 2.30. The lowest BCUT2D eigenvalue weighted by molar-refractivity contribution is 0.348. The molecule has 0 saturated heterocycles. The van der Waals surface area contributed by atoms with Crippen LogP contribution in [0.2, 0.25) is 0 Å². The maximum atomic E-state index is 5.78. The van der Waals surface area contributed by atoms with Gasteiger partial charge in [0.2, 0.25) is 0 Å². The summed E-state index contributed by atoms with van der Waals surface area (Å²) < 4.78 is 5.78. The number of aryl methyl sites for hydroxylation is 1. The van der Waals surface area contributed by atoms with E-state index in [1.165, 1.54) is 29.7 Å². The zero-order valence-electron chi connectivity index (χ0n) is 12.5. The van der Waals surface area contributed by atoms with Crippen LogP contribution >= 0.6 is 0 Å². The lowest BCUT2D eigenvalue weighted by atomic mass is 9.95. The van der Waals surface area contributed by atoms with Crippen molar-refractivity contribution in [1.82, 2.24) is 5.32 Å². The number of benzene rings is 1. The molecule has 0 aliphatic carbocycles. The molecular formula is C17H27NO. The Morgan fingerprint density at radius 1 is 1.32 bits per heavy atom.